The van der Waals surface area contributed by atoms with Crippen molar-refractivity contribution in [1.29, 1.82) is 0 Å². The Balaban J connectivity index is 2.03. The summed E-state index contributed by atoms with van der Waals surface area (Å²) in [7, 11) is -2.63. The Morgan fingerprint density at radius 3 is 2.37 bits per heavy atom. The van der Waals surface area contributed by atoms with Gasteiger partial charge in [-0.15, -0.1) is 0 Å². The highest BCUT2D eigenvalue weighted by Crippen LogP contribution is 2.17. The van der Waals surface area contributed by atoms with Crippen molar-refractivity contribution in [3.05, 3.63) is 64.7 Å². The van der Waals surface area contributed by atoms with E-state index >= 15 is 0 Å². The van der Waals surface area contributed by atoms with Crippen molar-refractivity contribution < 1.29 is 22.0 Å². The lowest BCUT2D eigenvalue weighted by Crippen LogP contribution is -2.36. The van der Waals surface area contributed by atoms with Crippen molar-refractivity contribution in [2.75, 3.05) is 13.6 Å². The van der Waals surface area contributed by atoms with E-state index < -0.39 is 34.1 Å². The topological polar surface area (TPSA) is 78.8 Å². The number of likely N-dealkylation sites (N-methyl/N-ethyl adjacent to an activating group) is 1. The Bertz CT molecular complexity index is 979. The Hall–Kier alpha value is -2.36. The van der Waals surface area contributed by atoms with Crippen LogP contribution in [0.25, 0.3) is 0 Å². The van der Waals surface area contributed by atoms with Crippen LogP contribution in [0.15, 0.2) is 52.5 Å². The SMILES string of the molecule is C/C(=N/NC(=O)CN(C)S(=O)(=O)c1ccc(Cl)cc1)c1ccc(F)c(F)c1. The Morgan fingerprint density at radius 2 is 1.78 bits per heavy atom. The van der Waals surface area contributed by atoms with E-state index in [0.717, 1.165) is 16.4 Å². The zero-order valence-corrected chi connectivity index (χ0v) is 16.0. The molecule has 0 aliphatic carbocycles. The minimum absolute atomic E-state index is 0.0105. The molecule has 10 heteroatoms. The van der Waals surface area contributed by atoms with E-state index in [4.69, 9.17) is 11.6 Å². The van der Waals surface area contributed by atoms with Gasteiger partial charge in [0.05, 0.1) is 17.2 Å². The predicted octanol–water partition coefficient (Wildman–Crippen LogP) is 2.78. The molecule has 144 valence electrons. The molecule has 6 nitrogen and oxygen atoms in total. The fourth-order valence-electron chi connectivity index (χ4n) is 2.04. The van der Waals surface area contributed by atoms with Gasteiger partial charge in [-0.25, -0.2) is 22.6 Å². The molecule has 0 atom stereocenters. The van der Waals surface area contributed by atoms with Gasteiger partial charge in [-0.3, -0.25) is 4.79 Å². The number of hydrogen-bond donors (Lipinski definition) is 1. The fourth-order valence-corrected chi connectivity index (χ4v) is 3.29. The molecule has 2 aromatic rings. The highest BCUT2D eigenvalue weighted by molar-refractivity contribution is 7.89. The lowest BCUT2D eigenvalue weighted by atomic mass is 10.1. The molecule has 0 aromatic heterocycles. The smallest absolute Gasteiger partial charge is 0.255 e. The number of hydrazone groups is 1. The Morgan fingerprint density at radius 1 is 1.15 bits per heavy atom. The van der Waals surface area contributed by atoms with Gasteiger partial charge >= 0.3 is 0 Å². The molecule has 1 N–H and O–H groups in total. The van der Waals surface area contributed by atoms with Crippen LogP contribution in [0.3, 0.4) is 0 Å². The summed E-state index contributed by atoms with van der Waals surface area (Å²) in [5.74, 6) is -2.73. The van der Waals surface area contributed by atoms with Crippen LogP contribution < -0.4 is 5.43 Å². The van der Waals surface area contributed by atoms with Crippen LogP contribution in [-0.2, 0) is 14.8 Å². The van der Waals surface area contributed by atoms with Gasteiger partial charge in [0.15, 0.2) is 11.6 Å². The summed E-state index contributed by atoms with van der Waals surface area (Å²) >= 11 is 5.73. The van der Waals surface area contributed by atoms with Gasteiger partial charge in [-0.1, -0.05) is 11.6 Å². The molecule has 0 fully saturated rings. The van der Waals surface area contributed by atoms with Crippen LogP contribution in [0.2, 0.25) is 5.02 Å². The molecule has 27 heavy (non-hydrogen) atoms. The number of benzene rings is 2. The first-order valence-corrected chi connectivity index (χ1v) is 9.43. The minimum Gasteiger partial charge on any atom is -0.272 e. The Labute approximate surface area is 160 Å². The third-order valence-corrected chi connectivity index (χ3v) is 5.64. The van der Waals surface area contributed by atoms with Gasteiger partial charge in [0.1, 0.15) is 0 Å². The molecule has 0 aliphatic rings. The predicted molar refractivity (Wildman–Crippen MR) is 98.0 cm³/mol. The molecule has 0 aliphatic heterocycles. The van der Waals surface area contributed by atoms with Crippen molar-refractivity contribution in [2.24, 2.45) is 5.10 Å². The number of carbonyl (C=O) groups excluding carboxylic acids is 1. The van der Waals surface area contributed by atoms with Crippen molar-refractivity contribution >= 4 is 33.2 Å². The van der Waals surface area contributed by atoms with Gasteiger partial charge in [0, 0.05) is 17.6 Å². The Kier molecular flexibility index (Phi) is 6.63. The second-order valence-corrected chi connectivity index (χ2v) is 8.06. The molecular formula is C17H16ClF2N3O3S. The van der Waals surface area contributed by atoms with Crippen LogP contribution in [0.4, 0.5) is 8.78 Å². The maximum absolute atomic E-state index is 13.2. The van der Waals surface area contributed by atoms with Crippen LogP contribution in [0.5, 0.6) is 0 Å². The standard InChI is InChI=1S/C17H16ClF2N3O3S/c1-11(12-3-8-15(19)16(20)9-12)21-22-17(24)10-23(2)27(25,26)14-6-4-13(18)5-7-14/h3-9H,10H2,1-2H3,(H,22,24)/b21-11-. The third-order valence-electron chi connectivity index (χ3n) is 3.57. The summed E-state index contributed by atoms with van der Waals surface area (Å²) < 4.78 is 51.8. The van der Waals surface area contributed by atoms with E-state index in [-0.39, 0.29) is 16.2 Å². The lowest BCUT2D eigenvalue weighted by molar-refractivity contribution is -0.121. The van der Waals surface area contributed by atoms with E-state index in [0.29, 0.717) is 5.02 Å². The van der Waals surface area contributed by atoms with Gasteiger partial charge in [0.2, 0.25) is 10.0 Å². The summed E-state index contributed by atoms with van der Waals surface area (Å²) in [6, 6.07) is 8.71. The highest BCUT2D eigenvalue weighted by atomic mass is 35.5. The summed E-state index contributed by atoms with van der Waals surface area (Å²) in [6.45, 7) is 1.00. The van der Waals surface area contributed by atoms with Crippen LogP contribution >= 0.6 is 11.6 Å². The van der Waals surface area contributed by atoms with Crippen molar-refractivity contribution in [1.82, 2.24) is 9.73 Å². The fraction of sp³-hybridized carbons (Fsp3) is 0.176. The first-order valence-electron chi connectivity index (χ1n) is 7.61. The minimum atomic E-state index is -3.88. The summed E-state index contributed by atoms with van der Waals surface area (Å²) in [6.07, 6.45) is 0. The van der Waals surface area contributed by atoms with E-state index in [9.17, 15) is 22.0 Å². The second kappa shape index (κ2) is 8.55. The van der Waals surface area contributed by atoms with Gasteiger partial charge < -0.3 is 0 Å². The number of nitrogens with zero attached hydrogens (tertiary/aromatic N) is 2. The molecule has 0 spiro atoms. The number of rotatable bonds is 6. The summed E-state index contributed by atoms with van der Waals surface area (Å²) in [4.78, 5) is 12.0. The molecule has 1 amide bonds. The van der Waals surface area contributed by atoms with Gasteiger partial charge in [0.25, 0.3) is 5.91 Å². The van der Waals surface area contributed by atoms with Crippen LogP contribution in [-0.4, -0.2) is 37.9 Å². The first-order chi connectivity index (χ1) is 12.6. The van der Waals surface area contributed by atoms with Crippen molar-refractivity contribution in [3.8, 4) is 0 Å². The molecule has 2 rings (SSSR count). The van der Waals surface area contributed by atoms with E-state index in [1.54, 1.807) is 0 Å². The van der Waals surface area contributed by atoms with Gasteiger partial charge in [-0.05, 0) is 49.4 Å². The van der Waals surface area contributed by atoms with E-state index in [1.807, 2.05) is 0 Å². The average Bonchev–Trinajstić information content (AvgIpc) is 2.62. The maximum Gasteiger partial charge on any atom is 0.255 e. The third kappa shape index (κ3) is 5.31. The molecule has 0 saturated heterocycles. The highest BCUT2D eigenvalue weighted by Gasteiger charge is 2.22. The van der Waals surface area contributed by atoms with E-state index in [1.165, 1.54) is 44.3 Å². The molecule has 2 aromatic carbocycles. The summed E-state index contributed by atoms with van der Waals surface area (Å²) in [5.41, 5.74) is 2.69. The maximum atomic E-state index is 13.2. The number of sulfonamides is 1. The molecule has 0 unspecified atom stereocenters. The molecular weight excluding hydrogens is 400 g/mol. The zero-order valence-electron chi connectivity index (χ0n) is 14.4. The second-order valence-electron chi connectivity index (χ2n) is 5.58. The lowest BCUT2D eigenvalue weighted by Gasteiger charge is -2.16. The number of nitrogens with one attached hydrogen (secondary N) is 1. The molecule has 0 radical (unpaired) electrons. The molecule has 0 saturated carbocycles. The quantitative estimate of drug-likeness (QED) is 0.582. The number of carbonyl (C=O) groups is 1. The first kappa shape index (κ1) is 20.9. The average molecular weight is 416 g/mol. The van der Waals surface area contributed by atoms with Crippen LogP contribution in [0, 0.1) is 11.6 Å². The normalized spacial score (nSPS) is 12.3. The van der Waals surface area contributed by atoms with Crippen LogP contribution in [0.1, 0.15) is 12.5 Å². The number of hydrogen-bond acceptors (Lipinski definition) is 4. The monoisotopic (exact) mass is 415 g/mol. The zero-order chi connectivity index (χ0) is 20.2. The van der Waals surface area contributed by atoms with Crippen molar-refractivity contribution in [2.45, 2.75) is 11.8 Å². The largest absolute Gasteiger partial charge is 0.272 e. The number of amides is 1. The number of halogens is 3. The molecule has 0 heterocycles. The van der Waals surface area contributed by atoms with Gasteiger partial charge in [-0.2, -0.15) is 9.41 Å². The molecule has 0 bridgehead atoms. The summed E-state index contributed by atoms with van der Waals surface area (Å²) in [5, 5.41) is 4.16. The van der Waals surface area contributed by atoms with Crippen molar-refractivity contribution in [3.63, 3.8) is 0 Å². The van der Waals surface area contributed by atoms with E-state index in [2.05, 4.69) is 10.5 Å².